The molecule has 9 heteroatoms. The topological polar surface area (TPSA) is 129 Å². The fourth-order valence-electron chi connectivity index (χ4n) is 4.34. The maximum Gasteiger partial charge on any atom is 0.268 e. The van der Waals surface area contributed by atoms with Gasteiger partial charge < -0.3 is 16.8 Å². The molecule has 2 aromatic carbocycles. The van der Waals surface area contributed by atoms with Gasteiger partial charge in [-0.2, -0.15) is 0 Å². The van der Waals surface area contributed by atoms with Gasteiger partial charge in [0.1, 0.15) is 17.5 Å². The van der Waals surface area contributed by atoms with Crippen LogP contribution in [-0.4, -0.2) is 19.5 Å². The monoisotopic (exact) mass is 452 g/mol. The molecule has 1 fully saturated rings. The first-order valence-electron chi connectivity index (χ1n) is 11.0. The molecule has 0 saturated heterocycles. The molecule has 1 atom stereocenters. The summed E-state index contributed by atoms with van der Waals surface area (Å²) in [6.45, 7) is 11.4. The number of nitrogens with one attached hydrogen (secondary N) is 1. The maximum absolute atomic E-state index is 13.9. The lowest BCUT2D eigenvalue weighted by Crippen LogP contribution is -2.30. The Kier molecular flexibility index (Phi) is 5.13. The van der Waals surface area contributed by atoms with E-state index in [4.69, 9.17) is 23.0 Å². The SMILES string of the molecule is [C-]#[N+]c1c(N)nc(N)nc1N[C@H](c1nc2cccc(C)c2c(=O)n1-c1ccccc1C)C1CC1. The van der Waals surface area contributed by atoms with Gasteiger partial charge in [-0.3, -0.25) is 9.36 Å². The highest BCUT2D eigenvalue weighted by Crippen LogP contribution is 2.44. The first-order chi connectivity index (χ1) is 16.4. The summed E-state index contributed by atoms with van der Waals surface area (Å²) < 4.78 is 1.69. The molecule has 1 aliphatic carbocycles. The predicted molar refractivity (Wildman–Crippen MR) is 133 cm³/mol. The Morgan fingerprint density at radius 3 is 2.50 bits per heavy atom. The number of nitrogens with zero attached hydrogens (tertiary/aromatic N) is 5. The largest absolute Gasteiger partial charge is 0.392 e. The van der Waals surface area contributed by atoms with Crippen molar-refractivity contribution in [3.05, 3.63) is 81.2 Å². The number of aromatic nitrogens is 4. The van der Waals surface area contributed by atoms with Crippen LogP contribution < -0.4 is 22.3 Å². The molecule has 1 aliphatic rings. The number of fused-ring (bicyclic) bond motifs is 1. The Balaban J connectivity index is 1.79. The minimum absolute atomic E-state index is 0.0120. The van der Waals surface area contributed by atoms with E-state index in [1.165, 1.54) is 0 Å². The average Bonchev–Trinajstić information content (AvgIpc) is 3.63. The molecule has 5 N–H and O–H groups in total. The van der Waals surface area contributed by atoms with Crippen LogP contribution in [0.3, 0.4) is 0 Å². The standard InChI is InChI=1S/C25H24N8O/c1-13-7-4-5-10-17(13)33-23(29-16-9-6-8-14(2)18(16)24(33)34)19(15-11-12-15)30-22-20(28-3)21(26)31-25(27)32-22/h4-10,15,19H,11-12H2,1-2H3,(H5,26,27,30,31,32)/t19-/m0/s1. The second-order valence-electron chi connectivity index (χ2n) is 8.60. The number of nitrogen functional groups attached to an aromatic ring is 2. The number of aryl methyl sites for hydroxylation is 2. The molecule has 9 nitrogen and oxygen atoms in total. The van der Waals surface area contributed by atoms with E-state index in [2.05, 4.69) is 20.1 Å². The molecule has 2 heterocycles. The summed E-state index contributed by atoms with van der Waals surface area (Å²) in [5, 5.41) is 3.93. The molecule has 0 amide bonds. The van der Waals surface area contributed by atoms with E-state index in [1.807, 2.05) is 56.3 Å². The Bertz CT molecular complexity index is 1530. The molecule has 34 heavy (non-hydrogen) atoms. The molecular weight excluding hydrogens is 428 g/mol. The summed E-state index contributed by atoms with van der Waals surface area (Å²) in [7, 11) is 0. The highest BCUT2D eigenvalue weighted by molar-refractivity contribution is 5.82. The minimum Gasteiger partial charge on any atom is -0.392 e. The number of rotatable bonds is 5. The van der Waals surface area contributed by atoms with Gasteiger partial charge in [0, 0.05) is 0 Å². The lowest BCUT2D eigenvalue weighted by molar-refractivity contribution is 0.609. The van der Waals surface area contributed by atoms with Gasteiger partial charge in [-0.05, 0) is 55.9 Å². The average molecular weight is 453 g/mol. The van der Waals surface area contributed by atoms with Gasteiger partial charge in [0.25, 0.3) is 11.2 Å². The number of para-hydroxylation sites is 1. The lowest BCUT2D eigenvalue weighted by atomic mass is 10.1. The molecule has 1 saturated carbocycles. The van der Waals surface area contributed by atoms with Crippen molar-refractivity contribution < 1.29 is 0 Å². The Labute approximate surface area is 196 Å². The highest BCUT2D eigenvalue weighted by atomic mass is 16.1. The van der Waals surface area contributed by atoms with Crippen LogP contribution in [0.4, 0.5) is 23.3 Å². The van der Waals surface area contributed by atoms with Crippen LogP contribution in [-0.2, 0) is 0 Å². The quantitative estimate of drug-likeness (QED) is 0.389. The summed E-state index contributed by atoms with van der Waals surface area (Å²) in [6, 6.07) is 13.0. The molecule has 0 unspecified atom stereocenters. The van der Waals surface area contributed by atoms with E-state index in [9.17, 15) is 4.79 Å². The van der Waals surface area contributed by atoms with Crippen LogP contribution in [0.15, 0.2) is 47.3 Å². The number of hydrogen-bond acceptors (Lipinski definition) is 7. The van der Waals surface area contributed by atoms with Crippen molar-refractivity contribution >= 4 is 34.2 Å². The van der Waals surface area contributed by atoms with Crippen LogP contribution in [0.2, 0.25) is 0 Å². The molecule has 0 bridgehead atoms. The summed E-state index contributed by atoms with van der Waals surface area (Å²) in [5.74, 6) is 0.997. The van der Waals surface area contributed by atoms with Gasteiger partial charge in [-0.25, -0.2) is 19.8 Å². The fourth-order valence-corrected chi connectivity index (χ4v) is 4.34. The van der Waals surface area contributed by atoms with Crippen molar-refractivity contribution in [1.29, 1.82) is 0 Å². The van der Waals surface area contributed by atoms with E-state index >= 15 is 0 Å². The van der Waals surface area contributed by atoms with E-state index in [0.717, 1.165) is 29.7 Å². The third-order valence-corrected chi connectivity index (χ3v) is 6.19. The summed E-state index contributed by atoms with van der Waals surface area (Å²) in [5.41, 5.74) is 14.9. The second kappa shape index (κ2) is 8.15. The van der Waals surface area contributed by atoms with Crippen molar-refractivity contribution in [1.82, 2.24) is 19.5 Å². The van der Waals surface area contributed by atoms with E-state index in [-0.39, 0.29) is 40.8 Å². The number of hydrogen-bond donors (Lipinski definition) is 3. The Morgan fingerprint density at radius 2 is 1.79 bits per heavy atom. The third-order valence-electron chi connectivity index (χ3n) is 6.19. The van der Waals surface area contributed by atoms with Crippen LogP contribution in [0.1, 0.15) is 35.8 Å². The van der Waals surface area contributed by atoms with Crippen molar-refractivity contribution in [3.8, 4) is 5.69 Å². The third kappa shape index (κ3) is 3.59. The number of anilines is 3. The highest BCUT2D eigenvalue weighted by Gasteiger charge is 2.37. The fraction of sp³-hybridized carbons (Fsp3) is 0.240. The molecule has 4 aromatic rings. The van der Waals surface area contributed by atoms with Gasteiger partial charge in [-0.15, -0.1) is 0 Å². The summed E-state index contributed by atoms with van der Waals surface area (Å²) >= 11 is 0. The zero-order valence-electron chi connectivity index (χ0n) is 18.9. The zero-order valence-corrected chi connectivity index (χ0v) is 18.9. The molecule has 2 aromatic heterocycles. The van der Waals surface area contributed by atoms with Gasteiger partial charge in [-0.1, -0.05) is 30.3 Å². The maximum atomic E-state index is 13.9. The van der Waals surface area contributed by atoms with E-state index < -0.39 is 0 Å². The molecule has 5 rings (SSSR count). The van der Waals surface area contributed by atoms with Crippen LogP contribution in [0, 0.1) is 26.3 Å². The van der Waals surface area contributed by atoms with Crippen molar-refractivity contribution in [2.24, 2.45) is 5.92 Å². The number of benzene rings is 2. The van der Waals surface area contributed by atoms with E-state index in [0.29, 0.717) is 16.7 Å². The first-order valence-corrected chi connectivity index (χ1v) is 11.0. The first kappa shape index (κ1) is 21.4. The smallest absolute Gasteiger partial charge is 0.268 e. The Hall–Kier alpha value is -4.45. The van der Waals surface area contributed by atoms with E-state index in [1.54, 1.807) is 4.57 Å². The van der Waals surface area contributed by atoms with Crippen molar-refractivity contribution in [3.63, 3.8) is 0 Å². The van der Waals surface area contributed by atoms with Crippen molar-refractivity contribution in [2.45, 2.75) is 32.7 Å². The normalized spacial score (nSPS) is 14.0. The molecular formula is C25H24N8O. The molecule has 0 spiro atoms. The number of nitrogens with two attached hydrogens (primary N) is 2. The minimum atomic E-state index is -0.383. The lowest BCUT2D eigenvalue weighted by Gasteiger charge is -2.24. The molecule has 0 aliphatic heterocycles. The zero-order chi connectivity index (χ0) is 24.0. The summed E-state index contributed by atoms with van der Waals surface area (Å²) in [6.07, 6.45) is 1.91. The predicted octanol–water partition coefficient (Wildman–Crippen LogP) is 4.07. The Morgan fingerprint density at radius 1 is 1.06 bits per heavy atom. The van der Waals surface area contributed by atoms with Crippen molar-refractivity contribution in [2.75, 3.05) is 16.8 Å². The molecule has 170 valence electrons. The van der Waals surface area contributed by atoms with Gasteiger partial charge in [0.2, 0.25) is 5.95 Å². The van der Waals surface area contributed by atoms with Crippen LogP contribution >= 0.6 is 0 Å². The van der Waals surface area contributed by atoms with Gasteiger partial charge >= 0.3 is 0 Å². The van der Waals surface area contributed by atoms with Crippen LogP contribution in [0.5, 0.6) is 0 Å². The van der Waals surface area contributed by atoms with Gasteiger partial charge in [0.05, 0.1) is 29.2 Å². The summed E-state index contributed by atoms with van der Waals surface area (Å²) in [4.78, 5) is 30.6. The van der Waals surface area contributed by atoms with Gasteiger partial charge in [0.15, 0.2) is 0 Å². The van der Waals surface area contributed by atoms with Crippen LogP contribution in [0.25, 0.3) is 21.4 Å². The second-order valence-corrected chi connectivity index (χ2v) is 8.60. The molecule has 0 radical (unpaired) electrons.